The number of ether oxygens (including phenoxy) is 2. The Morgan fingerprint density at radius 3 is 1.59 bits per heavy atom. The first-order chi connectivity index (χ1) is 24.7. The summed E-state index contributed by atoms with van der Waals surface area (Å²) < 4.78 is 32.5. The highest BCUT2D eigenvalue weighted by Crippen LogP contribution is 2.43. The van der Waals surface area contributed by atoms with Crippen molar-refractivity contribution in [3.8, 4) is 0 Å². The van der Waals surface area contributed by atoms with Crippen LogP contribution >= 0.6 is 7.82 Å². The first-order valence-electron chi connectivity index (χ1n) is 19.6. The Morgan fingerprint density at radius 2 is 1.08 bits per heavy atom. The molecule has 10 nitrogen and oxygen atoms in total. The molecule has 296 valence electrons. The third kappa shape index (κ3) is 36.1. The van der Waals surface area contributed by atoms with Gasteiger partial charge in [0, 0.05) is 12.8 Å². The van der Waals surface area contributed by atoms with Gasteiger partial charge in [-0.05, 0) is 38.5 Å². The number of allylic oxidation sites excluding steroid dienone is 8. The number of rotatable bonds is 36. The molecule has 0 saturated heterocycles. The van der Waals surface area contributed by atoms with Gasteiger partial charge in [0.05, 0.1) is 19.8 Å². The van der Waals surface area contributed by atoms with Crippen molar-refractivity contribution in [2.75, 3.05) is 26.4 Å². The third-order valence-corrected chi connectivity index (χ3v) is 8.96. The van der Waals surface area contributed by atoms with Gasteiger partial charge in [-0.15, -0.1) is 0 Å². The summed E-state index contributed by atoms with van der Waals surface area (Å²) in [5.74, 6) is -1.02. The van der Waals surface area contributed by atoms with E-state index in [0.717, 1.165) is 44.9 Å². The second kappa shape index (κ2) is 36.3. The number of aliphatic hydroxyl groups excluding tert-OH is 2. The zero-order chi connectivity index (χ0) is 37.7. The topological polar surface area (TPSA) is 149 Å². The van der Waals surface area contributed by atoms with Crippen molar-refractivity contribution >= 4 is 19.8 Å². The SMILES string of the molecule is CC/C=C\C/C=C\C/C=C\C/C=C\CCC(=O)OC(COC(=O)CCCCCCCCCCCCCCCCC)COP(=O)(O)OCC(O)CO. The van der Waals surface area contributed by atoms with Crippen LogP contribution in [0, 0.1) is 0 Å². The van der Waals surface area contributed by atoms with Crippen molar-refractivity contribution in [2.45, 2.75) is 167 Å². The summed E-state index contributed by atoms with van der Waals surface area (Å²) in [4.78, 5) is 34.8. The first kappa shape index (κ1) is 48.9. The van der Waals surface area contributed by atoms with Crippen molar-refractivity contribution < 1.29 is 47.8 Å². The molecule has 0 aromatic carbocycles. The van der Waals surface area contributed by atoms with Gasteiger partial charge in [0.2, 0.25) is 0 Å². The van der Waals surface area contributed by atoms with E-state index in [1.165, 1.54) is 70.6 Å². The van der Waals surface area contributed by atoms with E-state index in [-0.39, 0.29) is 19.4 Å². The number of hydrogen-bond donors (Lipinski definition) is 3. The number of carbonyl (C=O) groups is 2. The lowest BCUT2D eigenvalue weighted by atomic mass is 10.0. The minimum Gasteiger partial charge on any atom is -0.462 e. The largest absolute Gasteiger partial charge is 0.472 e. The van der Waals surface area contributed by atoms with Crippen LogP contribution in [-0.2, 0) is 32.7 Å². The van der Waals surface area contributed by atoms with Crippen LogP contribution in [0.15, 0.2) is 48.6 Å². The minimum atomic E-state index is -4.63. The molecular weight excluding hydrogens is 671 g/mol. The molecule has 3 N–H and O–H groups in total. The fourth-order valence-corrected chi connectivity index (χ4v) is 5.80. The van der Waals surface area contributed by atoms with Crippen molar-refractivity contribution in [3.05, 3.63) is 48.6 Å². The molecule has 0 rings (SSSR count). The van der Waals surface area contributed by atoms with Crippen molar-refractivity contribution in [2.24, 2.45) is 0 Å². The smallest absolute Gasteiger partial charge is 0.462 e. The Bertz CT molecular complexity index is 994. The molecule has 0 radical (unpaired) electrons. The lowest BCUT2D eigenvalue weighted by Crippen LogP contribution is -2.29. The third-order valence-electron chi connectivity index (χ3n) is 8.01. The predicted octanol–water partition coefficient (Wildman–Crippen LogP) is 9.77. The van der Waals surface area contributed by atoms with Crippen LogP contribution in [0.1, 0.15) is 155 Å². The van der Waals surface area contributed by atoms with E-state index in [0.29, 0.717) is 12.8 Å². The van der Waals surface area contributed by atoms with Crippen LogP contribution in [-0.4, -0.2) is 65.7 Å². The van der Waals surface area contributed by atoms with E-state index in [9.17, 15) is 24.2 Å². The lowest BCUT2D eigenvalue weighted by molar-refractivity contribution is -0.161. The van der Waals surface area contributed by atoms with E-state index in [1.807, 2.05) is 12.2 Å². The Kier molecular flexibility index (Phi) is 34.8. The van der Waals surface area contributed by atoms with Crippen LogP contribution < -0.4 is 0 Å². The molecule has 0 saturated carbocycles. The van der Waals surface area contributed by atoms with Crippen LogP contribution in [0.3, 0.4) is 0 Å². The van der Waals surface area contributed by atoms with E-state index in [2.05, 4.69) is 54.8 Å². The summed E-state index contributed by atoms with van der Waals surface area (Å²) in [7, 11) is -4.63. The van der Waals surface area contributed by atoms with Gasteiger partial charge in [0.25, 0.3) is 0 Å². The molecule has 0 aliphatic carbocycles. The Labute approximate surface area is 309 Å². The Hall–Kier alpha value is -2.07. The lowest BCUT2D eigenvalue weighted by Gasteiger charge is -2.20. The normalized spacial score (nSPS) is 14.5. The molecule has 0 aromatic heterocycles. The molecule has 0 bridgehead atoms. The highest BCUT2D eigenvalue weighted by molar-refractivity contribution is 7.47. The fourth-order valence-electron chi connectivity index (χ4n) is 5.01. The second-order valence-corrected chi connectivity index (χ2v) is 14.4. The quantitative estimate of drug-likeness (QED) is 0.0245. The van der Waals surface area contributed by atoms with Gasteiger partial charge < -0.3 is 24.6 Å². The molecule has 3 unspecified atom stereocenters. The van der Waals surface area contributed by atoms with Gasteiger partial charge in [-0.25, -0.2) is 4.57 Å². The minimum absolute atomic E-state index is 0.0633. The van der Waals surface area contributed by atoms with E-state index < -0.39 is 51.8 Å². The van der Waals surface area contributed by atoms with Crippen molar-refractivity contribution in [1.29, 1.82) is 0 Å². The number of esters is 2. The zero-order valence-electron chi connectivity index (χ0n) is 31.8. The van der Waals surface area contributed by atoms with Gasteiger partial charge >= 0.3 is 19.8 Å². The summed E-state index contributed by atoms with van der Waals surface area (Å²) in [6, 6.07) is 0. The summed E-state index contributed by atoms with van der Waals surface area (Å²) in [5, 5.41) is 18.3. The Morgan fingerprint density at radius 1 is 0.608 bits per heavy atom. The van der Waals surface area contributed by atoms with Crippen LogP contribution in [0.25, 0.3) is 0 Å². The maximum absolute atomic E-state index is 12.5. The summed E-state index contributed by atoms with van der Waals surface area (Å²) in [6.07, 6.45) is 36.7. The molecule has 0 aromatic rings. The molecule has 3 atom stereocenters. The van der Waals surface area contributed by atoms with Crippen LogP contribution in [0.4, 0.5) is 0 Å². The average molecular weight is 743 g/mol. The van der Waals surface area contributed by atoms with Crippen molar-refractivity contribution in [1.82, 2.24) is 0 Å². The summed E-state index contributed by atoms with van der Waals surface area (Å²) >= 11 is 0. The van der Waals surface area contributed by atoms with Crippen LogP contribution in [0.5, 0.6) is 0 Å². The van der Waals surface area contributed by atoms with E-state index >= 15 is 0 Å². The second-order valence-electron chi connectivity index (χ2n) is 12.9. The number of unbranched alkanes of at least 4 members (excludes halogenated alkanes) is 14. The molecule has 11 heteroatoms. The highest BCUT2D eigenvalue weighted by Gasteiger charge is 2.27. The molecule has 0 aliphatic rings. The molecule has 0 aliphatic heterocycles. The first-order valence-corrected chi connectivity index (χ1v) is 21.1. The highest BCUT2D eigenvalue weighted by atomic mass is 31.2. The zero-order valence-corrected chi connectivity index (χ0v) is 32.7. The van der Waals surface area contributed by atoms with Gasteiger partial charge in [-0.3, -0.25) is 18.6 Å². The van der Waals surface area contributed by atoms with Gasteiger partial charge in [0.1, 0.15) is 12.7 Å². The molecule has 0 fully saturated rings. The standard InChI is InChI=1S/C40H71O10P/c1-3-5-7-9-11-13-15-17-18-20-21-23-25-27-29-31-39(43)47-35-38(36-49-51(45,46)48-34-37(42)33-41)50-40(44)32-30-28-26-24-22-19-16-14-12-10-8-6-4-2/h6,8,12,14,19,22,26,28,37-38,41-42H,3-5,7,9-11,13,15-18,20-21,23-25,27,29-36H2,1-2H3,(H,45,46)/b8-6-,14-12-,22-19-,28-26-. The maximum Gasteiger partial charge on any atom is 0.472 e. The van der Waals surface area contributed by atoms with E-state index in [4.69, 9.17) is 19.1 Å². The molecular formula is C40H71O10P. The molecule has 0 spiro atoms. The van der Waals surface area contributed by atoms with Crippen LogP contribution in [0.2, 0.25) is 0 Å². The fraction of sp³-hybridized carbons (Fsp3) is 0.750. The number of phosphoric acid groups is 1. The van der Waals surface area contributed by atoms with Gasteiger partial charge in [-0.1, -0.05) is 152 Å². The number of aliphatic hydroxyl groups is 2. The molecule has 0 heterocycles. The average Bonchev–Trinajstić information content (AvgIpc) is 3.12. The van der Waals surface area contributed by atoms with Crippen molar-refractivity contribution in [3.63, 3.8) is 0 Å². The Balaban J connectivity index is 4.43. The molecule has 0 amide bonds. The molecule has 51 heavy (non-hydrogen) atoms. The number of carbonyl (C=O) groups excluding carboxylic acids is 2. The number of phosphoric ester groups is 1. The monoisotopic (exact) mass is 742 g/mol. The predicted molar refractivity (Wildman–Crippen MR) is 205 cm³/mol. The van der Waals surface area contributed by atoms with Gasteiger partial charge in [0.15, 0.2) is 6.10 Å². The van der Waals surface area contributed by atoms with Gasteiger partial charge in [-0.2, -0.15) is 0 Å². The van der Waals surface area contributed by atoms with E-state index in [1.54, 1.807) is 0 Å². The summed E-state index contributed by atoms with van der Waals surface area (Å²) in [6.45, 7) is 2.17. The number of hydrogen-bond acceptors (Lipinski definition) is 9. The summed E-state index contributed by atoms with van der Waals surface area (Å²) in [5.41, 5.74) is 0. The maximum atomic E-state index is 12.5.